The van der Waals surface area contributed by atoms with E-state index < -0.39 is 0 Å². The second-order valence-corrected chi connectivity index (χ2v) is 9.79. The number of anilines is 1. The average molecular weight is 401 g/mol. The van der Waals surface area contributed by atoms with E-state index in [-0.39, 0.29) is 11.4 Å². The molecule has 0 spiro atoms. The maximum absolute atomic E-state index is 12.4. The molecule has 1 aliphatic heterocycles. The molecule has 2 bridgehead atoms. The summed E-state index contributed by atoms with van der Waals surface area (Å²) in [5.74, 6) is 1.57. The summed E-state index contributed by atoms with van der Waals surface area (Å²) in [6.45, 7) is 12.8. The molecule has 3 unspecified atom stereocenters. The van der Waals surface area contributed by atoms with Gasteiger partial charge in [0.2, 0.25) is 5.95 Å². The largest absolute Gasteiger partial charge is 0.338 e. The van der Waals surface area contributed by atoms with Gasteiger partial charge in [0.25, 0.3) is 0 Å². The molecule has 7 heteroatoms. The molecule has 160 valence electrons. The number of amides is 2. The topological polar surface area (TPSA) is 73.4 Å². The summed E-state index contributed by atoms with van der Waals surface area (Å²) in [7, 11) is 0. The molecule has 2 heterocycles. The van der Waals surface area contributed by atoms with Crippen LogP contribution in [0, 0.1) is 16.7 Å². The maximum atomic E-state index is 12.4. The Labute approximate surface area is 174 Å². The molecule has 2 aliphatic carbocycles. The fraction of sp³-hybridized carbons (Fsp3) is 0.773. The summed E-state index contributed by atoms with van der Waals surface area (Å²) in [6, 6.07) is 2.16. The highest BCUT2D eigenvalue weighted by Gasteiger charge is 2.61. The molecule has 1 aromatic heterocycles. The molecule has 2 saturated carbocycles. The molecule has 0 radical (unpaired) electrons. The van der Waals surface area contributed by atoms with Crippen molar-refractivity contribution < 1.29 is 4.79 Å². The second-order valence-electron chi connectivity index (χ2n) is 9.79. The zero-order valence-corrected chi connectivity index (χ0v) is 18.2. The van der Waals surface area contributed by atoms with E-state index in [2.05, 4.69) is 51.2 Å². The number of aromatic nitrogens is 2. The normalized spacial score (nSPS) is 31.1. The predicted molar refractivity (Wildman–Crippen MR) is 115 cm³/mol. The molecular weight excluding hydrogens is 364 g/mol. The number of piperazine rings is 1. The van der Waals surface area contributed by atoms with Gasteiger partial charge in [0.15, 0.2) is 0 Å². The van der Waals surface area contributed by atoms with Crippen LogP contribution in [0.4, 0.5) is 10.7 Å². The van der Waals surface area contributed by atoms with E-state index in [0.717, 1.165) is 64.0 Å². The zero-order chi connectivity index (χ0) is 20.5. The van der Waals surface area contributed by atoms with Crippen molar-refractivity contribution in [1.29, 1.82) is 0 Å². The van der Waals surface area contributed by atoms with Crippen molar-refractivity contribution in [2.75, 3.05) is 44.2 Å². The number of hydrogen-bond acceptors (Lipinski definition) is 5. The Morgan fingerprint density at radius 3 is 2.52 bits per heavy atom. The summed E-state index contributed by atoms with van der Waals surface area (Å²) >= 11 is 0. The second kappa shape index (κ2) is 8.09. The van der Waals surface area contributed by atoms with E-state index in [1.54, 1.807) is 12.4 Å². The highest BCUT2D eigenvalue weighted by Crippen LogP contribution is 2.65. The summed E-state index contributed by atoms with van der Waals surface area (Å²) < 4.78 is 0. The van der Waals surface area contributed by atoms with Crippen molar-refractivity contribution in [3.8, 4) is 0 Å². The van der Waals surface area contributed by atoms with E-state index in [1.807, 2.05) is 6.07 Å². The van der Waals surface area contributed by atoms with Gasteiger partial charge in [-0.25, -0.2) is 14.8 Å². The Morgan fingerprint density at radius 2 is 1.90 bits per heavy atom. The first kappa shape index (κ1) is 20.4. The molecule has 3 atom stereocenters. The summed E-state index contributed by atoms with van der Waals surface area (Å²) in [4.78, 5) is 25.8. The lowest BCUT2D eigenvalue weighted by Gasteiger charge is -2.39. The number of hydrogen-bond donors (Lipinski definition) is 2. The van der Waals surface area contributed by atoms with Gasteiger partial charge in [-0.15, -0.1) is 0 Å². The zero-order valence-electron chi connectivity index (χ0n) is 18.2. The van der Waals surface area contributed by atoms with Crippen molar-refractivity contribution in [1.82, 2.24) is 25.5 Å². The smallest absolute Gasteiger partial charge is 0.315 e. The Kier molecular flexibility index (Phi) is 5.69. The Morgan fingerprint density at radius 1 is 1.17 bits per heavy atom. The van der Waals surface area contributed by atoms with Gasteiger partial charge in [0.05, 0.1) is 0 Å². The number of fused-ring (bicyclic) bond motifs is 2. The van der Waals surface area contributed by atoms with Crippen molar-refractivity contribution >= 4 is 12.0 Å². The highest BCUT2D eigenvalue weighted by molar-refractivity contribution is 5.74. The number of carbonyl (C=O) groups excluding carboxylic acids is 1. The maximum Gasteiger partial charge on any atom is 0.315 e. The molecule has 3 aliphatic rings. The van der Waals surface area contributed by atoms with Crippen LogP contribution in [0.25, 0.3) is 0 Å². The molecule has 3 fully saturated rings. The molecule has 1 saturated heterocycles. The number of carbonyl (C=O) groups is 1. The Hall–Kier alpha value is -1.89. The van der Waals surface area contributed by atoms with Gasteiger partial charge in [0, 0.05) is 51.2 Å². The van der Waals surface area contributed by atoms with Crippen LogP contribution in [0.15, 0.2) is 18.5 Å². The first-order valence-corrected chi connectivity index (χ1v) is 11.2. The van der Waals surface area contributed by atoms with Crippen LogP contribution in [-0.2, 0) is 0 Å². The number of nitrogens with one attached hydrogen (secondary N) is 2. The quantitative estimate of drug-likeness (QED) is 0.718. The van der Waals surface area contributed by atoms with Crippen LogP contribution in [-0.4, -0.2) is 66.2 Å². The summed E-state index contributed by atoms with van der Waals surface area (Å²) in [5.41, 5.74) is 0.565. The molecule has 7 nitrogen and oxygen atoms in total. The molecule has 0 aromatic carbocycles. The molecule has 4 rings (SSSR count). The number of urea groups is 1. The lowest BCUT2D eigenvalue weighted by atomic mass is 9.69. The highest BCUT2D eigenvalue weighted by atomic mass is 16.2. The van der Waals surface area contributed by atoms with E-state index in [4.69, 9.17) is 0 Å². The third kappa shape index (κ3) is 3.93. The van der Waals surface area contributed by atoms with E-state index in [0.29, 0.717) is 11.5 Å². The molecule has 1 aromatic rings. The minimum Gasteiger partial charge on any atom is -0.338 e. The average Bonchev–Trinajstić information content (AvgIpc) is 3.06. The van der Waals surface area contributed by atoms with Crippen LogP contribution in [0.3, 0.4) is 0 Å². The Balaban J connectivity index is 1.13. The van der Waals surface area contributed by atoms with Crippen LogP contribution in [0.5, 0.6) is 0 Å². The fourth-order valence-electron chi connectivity index (χ4n) is 5.76. The first-order valence-electron chi connectivity index (χ1n) is 11.2. The third-order valence-electron chi connectivity index (χ3n) is 8.24. The monoisotopic (exact) mass is 400 g/mol. The minimum atomic E-state index is 0.00520. The van der Waals surface area contributed by atoms with Crippen molar-refractivity contribution in [2.45, 2.75) is 52.5 Å². The van der Waals surface area contributed by atoms with Gasteiger partial charge in [-0.05, 0) is 55.0 Å². The minimum absolute atomic E-state index is 0.00520. The molecule has 2 N–H and O–H groups in total. The van der Waals surface area contributed by atoms with Crippen LogP contribution in [0.1, 0.15) is 46.5 Å². The lowest BCUT2D eigenvalue weighted by Crippen LogP contribution is -2.50. The van der Waals surface area contributed by atoms with Crippen LogP contribution < -0.4 is 15.5 Å². The number of nitrogens with zero attached hydrogens (tertiary/aromatic N) is 4. The van der Waals surface area contributed by atoms with Gasteiger partial charge in [-0.3, -0.25) is 4.90 Å². The fourth-order valence-corrected chi connectivity index (χ4v) is 5.76. The third-order valence-corrected chi connectivity index (χ3v) is 8.24. The van der Waals surface area contributed by atoms with Crippen molar-refractivity contribution in [2.24, 2.45) is 16.7 Å². The van der Waals surface area contributed by atoms with Gasteiger partial charge in [-0.2, -0.15) is 0 Å². The van der Waals surface area contributed by atoms with E-state index in [1.165, 1.54) is 12.8 Å². The van der Waals surface area contributed by atoms with Gasteiger partial charge < -0.3 is 15.5 Å². The predicted octanol–water partition coefficient (Wildman–Crippen LogP) is 2.50. The molecule has 29 heavy (non-hydrogen) atoms. The van der Waals surface area contributed by atoms with Gasteiger partial charge in [0.1, 0.15) is 0 Å². The molecular formula is C22H36N6O. The van der Waals surface area contributed by atoms with Gasteiger partial charge >= 0.3 is 6.03 Å². The number of rotatable bonds is 6. The van der Waals surface area contributed by atoms with Gasteiger partial charge in [-0.1, -0.05) is 20.8 Å². The SMILES string of the molecule is CC1(C)C2CCC1(C)C(NC(=O)NCCCN1CCN(c3ncccn3)CC1)C2. The van der Waals surface area contributed by atoms with Crippen molar-refractivity contribution in [3.05, 3.63) is 18.5 Å². The summed E-state index contributed by atoms with van der Waals surface area (Å²) in [6.07, 6.45) is 8.24. The first-order chi connectivity index (χ1) is 13.9. The Bertz CT molecular complexity index is 703. The van der Waals surface area contributed by atoms with Crippen LogP contribution in [0.2, 0.25) is 0 Å². The summed E-state index contributed by atoms with van der Waals surface area (Å²) in [5, 5.41) is 6.37. The molecule has 2 amide bonds. The van der Waals surface area contributed by atoms with E-state index >= 15 is 0 Å². The van der Waals surface area contributed by atoms with Crippen LogP contribution >= 0.6 is 0 Å². The standard InChI is InChI=1S/C22H36N6O/c1-21(2)17-6-7-22(21,3)18(16-17)26-20(29)25-10-5-11-27-12-14-28(15-13-27)19-23-8-4-9-24-19/h4,8-9,17-18H,5-7,10-16H2,1-3H3,(H2,25,26,29). The van der Waals surface area contributed by atoms with Crippen molar-refractivity contribution in [3.63, 3.8) is 0 Å². The lowest BCUT2D eigenvalue weighted by molar-refractivity contribution is 0.123. The van der Waals surface area contributed by atoms with E-state index in [9.17, 15) is 4.79 Å².